The normalized spacial score (nSPS) is 19.6. The Balaban J connectivity index is 1.26. The van der Waals surface area contributed by atoms with Gasteiger partial charge in [-0.15, -0.1) is 0 Å². The second-order valence-corrected chi connectivity index (χ2v) is 10.3. The summed E-state index contributed by atoms with van der Waals surface area (Å²) >= 11 is 0. The number of aromatic nitrogens is 3. The van der Waals surface area contributed by atoms with Crippen LogP contribution >= 0.6 is 0 Å². The maximum Gasteiger partial charge on any atom is 0.407 e. The Morgan fingerprint density at radius 3 is 2.61 bits per heavy atom. The first-order valence-corrected chi connectivity index (χ1v) is 12.4. The predicted octanol–water partition coefficient (Wildman–Crippen LogP) is 4.99. The van der Waals surface area contributed by atoms with Crippen LogP contribution in [0.2, 0.25) is 0 Å². The molecule has 9 nitrogen and oxygen atoms in total. The van der Waals surface area contributed by atoms with Crippen LogP contribution in [0.1, 0.15) is 52.1 Å². The first-order valence-electron chi connectivity index (χ1n) is 12.4. The number of aryl methyl sites for hydroxylation is 1. The number of hydrogen-bond acceptors (Lipinski definition) is 8. The highest BCUT2D eigenvalue weighted by molar-refractivity contribution is 5.88. The van der Waals surface area contributed by atoms with Crippen molar-refractivity contribution >= 4 is 17.0 Å². The molecule has 0 bridgehead atoms. The van der Waals surface area contributed by atoms with Crippen molar-refractivity contribution in [3.05, 3.63) is 36.2 Å². The van der Waals surface area contributed by atoms with Crippen molar-refractivity contribution in [1.82, 2.24) is 20.3 Å². The quantitative estimate of drug-likeness (QED) is 0.543. The van der Waals surface area contributed by atoms with Crippen LogP contribution in [0.4, 0.5) is 4.79 Å². The summed E-state index contributed by atoms with van der Waals surface area (Å²) in [5, 5.41) is 3.91. The Hall–Kier alpha value is -3.62. The summed E-state index contributed by atoms with van der Waals surface area (Å²) in [6, 6.07) is 8.45. The van der Waals surface area contributed by atoms with E-state index < -0.39 is 5.60 Å². The molecule has 1 aliphatic carbocycles. The van der Waals surface area contributed by atoms with E-state index in [-0.39, 0.29) is 18.2 Å². The molecule has 0 unspecified atom stereocenters. The van der Waals surface area contributed by atoms with Crippen LogP contribution in [0.15, 0.2) is 30.5 Å². The summed E-state index contributed by atoms with van der Waals surface area (Å²) in [7, 11) is 0. The Morgan fingerprint density at radius 1 is 1.06 bits per heavy atom. The smallest absolute Gasteiger partial charge is 0.407 e. The SMILES string of the molecule is Cc1nc(O[C@H]2CC[C@@H](NC(=O)OC(C)(C)C)CC2)nc2ccc(-c3ccnc4c3OCCO4)cc12. The summed E-state index contributed by atoms with van der Waals surface area (Å²) < 4.78 is 23.0. The van der Waals surface area contributed by atoms with Crippen LogP contribution in [0, 0.1) is 6.92 Å². The number of pyridine rings is 1. The zero-order valence-electron chi connectivity index (χ0n) is 21.2. The molecule has 1 aromatic carbocycles. The van der Waals surface area contributed by atoms with E-state index in [4.69, 9.17) is 18.9 Å². The van der Waals surface area contributed by atoms with Crippen molar-refractivity contribution in [1.29, 1.82) is 0 Å². The number of ether oxygens (including phenoxy) is 4. The van der Waals surface area contributed by atoms with Gasteiger partial charge in [0.05, 0.1) is 11.2 Å². The van der Waals surface area contributed by atoms with Crippen molar-refractivity contribution < 1.29 is 23.7 Å². The number of hydrogen-bond donors (Lipinski definition) is 1. The molecule has 1 fully saturated rings. The number of rotatable bonds is 4. The molecule has 0 saturated heterocycles. The standard InChI is InChI=1S/C27H32N4O5/c1-16-21-15-17(20-11-12-28-24-23(20)33-13-14-34-24)5-10-22(21)31-25(29-16)35-19-8-6-18(7-9-19)30-26(32)36-27(2,3)4/h5,10-12,15,18-19H,6-9,13-14H2,1-4H3,(H,30,32)/t18-,19+. The number of alkyl carbamates (subject to hydrolysis) is 1. The van der Waals surface area contributed by atoms with E-state index in [9.17, 15) is 4.79 Å². The zero-order valence-corrected chi connectivity index (χ0v) is 21.2. The number of amides is 1. The van der Waals surface area contributed by atoms with E-state index in [0.29, 0.717) is 30.9 Å². The Kier molecular flexibility index (Phi) is 6.55. The lowest BCUT2D eigenvalue weighted by atomic mass is 9.93. The zero-order chi connectivity index (χ0) is 25.3. The molecular weight excluding hydrogens is 460 g/mol. The molecule has 36 heavy (non-hydrogen) atoms. The number of nitrogens with one attached hydrogen (secondary N) is 1. The van der Waals surface area contributed by atoms with Gasteiger partial charge in [0, 0.05) is 23.2 Å². The van der Waals surface area contributed by atoms with E-state index in [1.807, 2.05) is 45.9 Å². The van der Waals surface area contributed by atoms with Crippen LogP contribution in [-0.4, -0.2) is 52.0 Å². The van der Waals surface area contributed by atoms with Crippen LogP contribution < -0.4 is 19.5 Å². The molecule has 0 atom stereocenters. The third-order valence-corrected chi connectivity index (χ3v) is 6.28. The summed E-state index contributed by atoms with van der Waals surface area (Å²) in [5.41, 5.74) is 3.08. The highest BCUT2D eigenvalue weighted by Crippen LogP contribution is 2.39. The van der Waals surface area contributed by atoms with E-state index >= 15 is 0 Å². The average molecular weight is 493 g/mol. The second-order valence-electron chi connectivity index (χ2n) is 10.3. The first-order chi connectivity index (χ1) is 17.2. The van der Waals surface area contributed by atoms with Crippen LogP contribution in [0.25, 0.3) is 22.0 Å². The molecular formula is C27H32N4O5. The first kappa shape index (κ1) is 24.1. The molecule has 0 radical (unpaired) electrons. The maximum absolute atomic E-state index is 12.0. The lowest BCUT2D eigenvalue weighted by Crippen LogP contribution is -2.42. The van der Waals surface area contributed by atoms with Gasteiger partial charge in [0.2, 0.25) is 0 Å². The lowest BCUT2D eigenvalue weighted by molar-refractivity contribution is 0.0467. The molecule has 2 aliphatic rings. The highest BCUT2D eigenvalue weighted by atomic mass is 16.6. The van der Waals surface area contributed by atoms with E-state index in [0.717, 1.165) is 53.4 Å². The van der Waals surface area contributed by atoms with Gasteiger partial charge in [0.25, 0.3) is 5.88 Å². The minimum Gasteiger partial charge on any atom is -0.484 e. The highest BCUT2D eigenvalue weighted by Gasteiger charge is 2.26. The van der Waals surface area contributed by atoms with Gasteiger partial charge in [-0.3, -0.25) is 0 Å². The fourth-order valence-electron chi connectivity index (χ4n) is 4.60. The minimum absolute atomic E-state index is 0.0123. The van der Waals surface area contributed by atoms with E-state index in [1.54, 1.807) is 6.20 Å². The van der Waals surface area contributed by atoms with Gasteiger partial charge in [0.1, 0.15) is 24.9 Å². The lowest BCUT2D eigenvalue weighted by Gasteiger charge is -2.30. The fourth-order valence-corrected chi connectivity index (χ4v) is 4.60. The fraction of sp³-hybridized carbons (Fsp3) is 0.481. The summed E-state index contributed by atoms with van der Waals surface area (Å²) in [6.07, 6.45) is 4.64. The summed E-state index contributed by atoms with van der Waals surface area (Å²) in [6.45, 7) is 8.54. The summed E-state index contributed by atoms with van der Waals surface area (Å²) in [5.74, 6) is 1.19. The van der Waals surface area contributed by atoms with Gasteiger partial charge >= 0.3 is 12.1 Å². The third-order valence-electron chi connectivity index (χ3n) is 6.28. The molecule has 190 valence electrons. The van der Waals surface area contributed by atoms with Gasteiger partial charge in [-0.1, -0.05) is 6.07 Å². The van der Waals surface area contributed by atoms with Crippen molar-refractivity contribution in [2.75, 3.05) is 13.2 Å². The Bertz CT molecular complexity index is 1260. The number of carbonyl (C=O) groups excluding carboxylic acids is 1. The van der Waals surface area contributed by atoms with Crippen molar-refractivity contribution in [2.24, 2.45) is 0 Å². The van der Waals surface area contributed by atoms with Crippen LogP contribution in [-0.2, 0) is 4.74 Å². The second kappa shape index (κ2) is 9.79. The number of nitrogens with zero attached hydrogens (tertiary/aromatic N) is 3. The van der Waals surface area contributed by atoms with Crippen molar-refractivity contribution in [3.63, 3.8) is 0 Å². The maximum atomic E-state index is 12.0. The topological polar surface area (TPSA) is 105 Å². The van der Waals surface area contributed by atoms with E-state index in [1.165, 1.54) is 0 Å². The van der Waals surface area contributed by atoms with Gasteiger partial charge in [-0.05, 0) is 77.1 Å². The van der Waals surface area contributed by atoms with Crippen LogP contribution in [0.5, 0.6) is 17.6 Å². The largest absolute Gasteiger partial charge is 0.484 e. The third kappa shape index (κ3) is 5.45. The predicted molar refractivity (Wildman–Crippen MR) is 135 cm³/mol. The number of carbonyl (C=O) groups is 1. The number of benzene rings is 1. The molecule has 3 aromatic rings. The van der Waals surface area contributed by atoms with E-state index in [2.05, 4.69) is 26.3 Å². The molecule has 5 rings (SSSR count). The average Bonchev–Trinajstić information content (AvgIpc) is 2.84. The molecule has 0 spiro atoms. The molecule has 1 amide bonds. The van der Waals surface area contributed by atoms with Gasteiger partial charge in [0.15, 0.2) is 5.75 Å². The molecule has 1 N–H and O–H groups in total. The van der Waals surface area contributed by atoms with Gasteiger partial charge < -0.3 is 24.3 Å². The van der Waals surface area contributed by atoms with Crippen molar-refractivity contribution in [2.45, 2.75) is 71.1 Å². The van der Waals surface area contributed by atoms with Gasteiger partial charge in [-0.25, -0.2) is 9.78 Å². The van der Waals surface area contributed by atoms with Crippen molar-refractivity contribution in [3.8, 4) is 28.8 Å². The molecule has 2 aromatic heterocycles. The molecule has 1 aliphatic heterocycles. The Labute approximate surface area is 210 Å². The molecule has 1 saturated carbocycles. The summed E-state index contributed by atoms with van der Waals surface area (Å²) in [4.78, 5) is 25.6. The van der Waals surface area contributed by atoms with Gasteiger partial charge in [-0.2, -0.15) is 9.97 Å². The number of fused-ring (bicyclic) bond motifs is 2. The monoisotopic (exact) mass is 492 g/mol. The van der Waals surface area contributed by atoms with Crippen LogP contribution in [0.3, 0.4) is 0 Å². The Morgan fingerprint density at radius 2 is 1.83 bits per heavy atom. The molecule has 3 heterocycles. The minimum atomic E-state index is -0.504. The molecule has 9 heteroatoms.